The van der Waals surface area contributed by atoms with Crippen LogP contribution in [0.25, 0.3) is 0 Å². The van der Waals surface area contributed by atoms with E-state index in [9.17, 15) is 9.59 Å². The smallest absolute Gasteiger partial charge is 0.409 e. The van der Waals surface area contributed by atoms with Gasteiger partial charge in [0.05, 0.1) is 6.61 Å². The highest BCUT2D eigenvalue weighted by molar-refractivity contribution is 5.74. The zero-order chi connectivity index (χ0) is 13.1. The van der Waals surface area contributed by atoms with Crippen molar-refractivity contribution in [2.24, 2.45) is 0 Å². The Morgan fingerprint density at radius 2 is 1.89 bits per heavy atom. The lowest BCUT2D eigenvalue weighted by molar-refractivity contribution is -0.151. The third-order valence-electron chi connectivity index (χ3n) is 3.81. The summed E-state index contributed by atoms with van der Waals surface area (Å²) in [5, 5.41) is 9.02. The third-order valence-corrected chi connectivity index (χ3v) is 3.81. The van der Waals surface area contributed by atoms with E-state index in [1.165, 1.54) is 0 Å². The third kappa shape index (κ3) is 2.58. The fourth-order valence-electron chi connectivity index (χ4n) is 2.70. The van der Waals surface area contributed by atoms with Gasteiger partial charge in [0.1, 0.15) is 6.04 Å². The van der Waals surface area contributed by atoms with E-state index >= 15 is 0 Å². The maximum Gasteiger partial charge on any atom is 0.409 e. The monoisotopic (exact) mass is 256 g/mol. The van der Waals surface area contributed by atoms with Crippen LogP contribution in [0.2, 0.25) is 0 Å². The van der Waals surface area contributed by atoms with Crippen LogP contribution < -0.4 is 0 Å². The minimum Gasteiger partial charge on any atom is -0.480 e. The summed E-state index contributed by atoms with van der Waals surface area (Å²) < 4.78 is 4.96. The molecule has 18 heavy (non-hydrogen) atoms. The van der Waals surface area contributed by atoms with E-state index in [0.717, 1.165) is 25.8 Å². The lowest BCUT2D eigenvalue weighted by Crippen LogP contribution is -2.59. The molecule has 6 heteroatoms. The van der Waals surface area contributed by atoms with Gasteiger partial charge in [0.25, 0.3) is 0 Å². The summed E-state index contributed by atoms with van der Waals surface area (Å²) in [4.78, 5) is 26.2. The Hall–Kier alpha value is -1.30. The number of piperidine rings is 1. The second kappa shape index (κ2) is 5.56. The number of hydrogen-bond donors (Lipinski definition) is 1. The van der Waals surface area contributed by atoms with Crippen molar-refractivity contribution in [3.05, 3.63) is 0 Å². The molecular formula is C12H20N2O4. The van der Waals surface area contributed by atoms with Crippen molar-refractivity contribution in [1.29, 1.82) is 0 Å². The number of nitrogens with zero attached hydrogens (tertiary/aromatic N) is 2. The number of likely N-dealkylation sites (tertiary alicyclic amines) is 2. The highest BCUT2D eigenvalue weighted by atomic mass is 16.6. The van der Waals surface area contributed by atoms with Crippen LogP contribution in [0.1, 0.15) is 26.2 Å². The van der Waals surface area contributed by atoms with Gasteiger partial charge in [0, 0.05) is 25.7 Å². The highest BCUT2D eigenvalue weighted by Gasteiger charge is 2.40. The van der Waals surface area contributed by atoms with E-state index in [2.05, 4.69) is 0 Å². The summed E-state index contributed by atoms with van der Waals surface area (Å²) >= 11 is 0. The maximum absolute atomic E-state index is 11.5. The Labute approximate surface area is 106 Å². The first-order valence-corrected chi connectivity index (χ1v) is 6.53. The largest absolute Gasteiger partial charge is 0.480 e. The van der Waals surface area contributed by atoms with E-state index in [0.29, 0.717) is 25.7 Å². The van der Waals surface area contributed by atoms with Gasteiger partial charge < -0.3 is 14.7 Å². The van der Waals surface area contributed by atoms with Crippen molar-refractivity contribution in [2.75, 3.05) is 26.2 Å². The summed E-state index contributed by atoms with van der Waals surface area (Å²) in [6, 6.07) is -0.0188. The normalized spacial score (nSPS) is 25.6. The number of aliphatic carboxylic acids is 1. The van der Waals surface area contributed by atoms with Crippen LogP contribution >= 0.6 is 0 Å². The van der Waals surface area contributed by atoms with Gasteiger partial charge in [0.15, 0.2) is 0 Å². The highest BCUT2D eigenvalue weighted by Crippen LogP contribution is 2.27. The molecule has 102 valence electrons. The van der Waals surface area contributed by atoms with Crippen LogP contribution in [0.3, 0.4) is 0 Å². The number of carboxylic acid groups (broad SMARTS) is 1. The van der Waals surface area contributed by atoms with E-state index < -0.39 is 5.97 Å². The first-order chi connectivity index (χ1) is 8.63. The van der Waals surface area contributed by atoms with Crippen molar-refractivity contribution in [3.63, 3.8) is 0 Å². The molecule has 2 heterocycles. The fraction of sp³-hybridized carbons (Fsp3) is 0.833. The van der Waals surface area contributed by atoms with Crippen LogP contribution in [0, 0.1) is 0 Å². The predicted molar refractivity (Wildman–Crippen MR) is 64.4 cm³/mol. The van der Waals surface area contributed by atoms with Gasteiger partial charge >= 0.3 is 12.1 Å². The molecule has 0 spiro atoms. The van der Waals surface area contributed by atoms with Crippen LogP contribution in [0.5, 0.6) is 0 Å². The van der Waals surface area contributed by atoms with Crippen molar-refractivity contribution in [1.82, 2.24) is 9.80 Å². The van der Waals surface area contributed by atoms with E-state index in [1.54, 1.807) is 11.8 Å². The number of carbonyl (C=O) groups is 2. The molecule has 1 N–H and O–H groups in total. The van der Waals surface area contributed by atoms with Gasteiger partial charge in [-0.1, -0.05) is 0 Å². The number of ether oxygens (including phenoxy) is 1. The van der Waals surface area contributed by atoms with Crippen molar-refractivity contribution < 1.29 is 19.4 Å². The molecule has 1 unspecified atom stereocenters. The van der Waals surface area contributed by atoms with Crippen LogP contribution in [-0.2, 0) is 9.53 Å². The zero-order valence-corrected chi connectivity index (χ0v) is 10.7. The molecule has 2 rings (SSSR count). The molecule has 2 aliphatic heterocycles. The average Bonchev–Trinajstić information content (AvgIpc) is 2.28. The maximum atomic E-state index is 11.5. The van der Waals surface area contributed by atoms with Crippen molar-refractivity contribution in [3.8, 4) is 0 Å². The van der Waals surface area contributed by atoms with Gasteiger partial charge in [-0.3, -0.25) is 9.69 Å². The predicted octanol–water partition coefficient (Wildman–Crippen LogP) is 0.766. The standard InChI is InChI=1S/C12H20N2O4/c1-2-18-12(17)13-6-3-9(4-7-13)14-8-5-10(14)11(15)16/h9-10H,2-8H2,1H3,(H,15,16). The number of hydrogen-bond acceptors (Lipinski definition) is 4. The Morgan fingerprint density at radius 3 is 2.33 bits per heavy atom. The quantitative estimate of drug-likeness (QED) is 0.807. The lowest BCUT2D eigenvalue weighted by atomic mass is 9.94. The van der Waals surface area contributed by atoms with Crippen molar-refractivity contribution >= 4 is 12.1 Å². The lowest BCUT2D eigenvalue weighted by Gasteiger charge is -2.46. The van der Waals surface area contributed by atoms with Crippen LogP contribution in [0.15, 0.2) is 0 Å². The molecule has 2 saturated heterocycles. The Bertz CT molecular complexity index is 326. The molecule has 0 bridgehead atoms. The molecule has 0 aliphatic carbocycles. The van der Waals surface area contributed by atoms with Gasteiger partial charge in [0.2, 0.25) is 0 Å². The summed E-state index contributed by atoms with van der Waals surface area (Å²) in [6.45, 7) is 4.37. The van der Waals surface area contributed by atoms with Gasteiger partial charge in [-0.25, -0.2) is 4.79 Å². The van der Waals surface area contributed by atoms with Crippen molar-refractivity contribution in [2.45, 2.75) is 38.3 Å². The molecule has 2 fully saturated rings. The molecule has 0 aromatic rings. The average molecular weight is 256 g/mol. The van der Waals surface area contributed by atoms with Crippen LogP contribution in [-0.4, -0.2) is 65.3 Å². The van der Waals surface area contributed by atoms with E-state index in [4.69, 9.17) is 9.84 Å². The fourth-order valence-corrected chi connectivity index (χ4v) is 2.70. The summed E-state index contributed by atoms with van der Waals surface area (Å²) in [6.07, 6.45) is 2.16. The molecule has 6 nitrogen and oxygen atoms in total. The molecule has 1 atom stereocenters. The van der Waals surface area contributed by atoms with E-state index in [-0.39, 0.29) is 12.1 Å². The van der Waals surface area contributed by atoms with Gasteiger partial charge in [-0.15, -0.1) is 0 Å². The Morgan fingerprint density at radius 1 is 1.22 bits per heavy atom. The van der Waals surface area contributed by atoms with E-state index in [1.807, 2.05) is 4.90 Å². The first-order valence-electron chi connectivity index (χ1n) is 6.53. The molecule has 0 radical (unpaired) electrons. The number of rotatable bonds is 3. The molecule has 0 aromatic heterocycles. The Balaban J connectivity index is 1.80. The molecule has 2 aliphatic rings. The number of carbonyl (C=O) groups excluding carboxylic acids is 1. The molecule has 0 saturated carbocycles. The van der Waals surface area contributed by atoms with Gasteiger partial charge in [-0.2, -0.15) is 0 Å². The summed E-state index contributed by atoms with van der Waals surface area (Å²) in [5.41, 5.74) is 0. The van der Waals surface area contributed by atoms with Gasteiger partial charge in [-0.05, 0) is 26.2 Å². The second-order valence-corrected chi connectivity index (χ2v) is 4.80. The minimum absolute atomic E-state index is 0.255. The zero-order valence-electron chi connectivity index (χ0n) is 10.7. The Kier molecular flexibility index (Phi) is 4.06. The molecule has 1 amide bonds. The summed E-state index contributed by atoms with van der Waals surface area (Å²) in [7, 11) is 0. The van der Waals surface area contributed by atoms with Crippen LogP contribution in [0.4, 0.5) is 4.79 Å². The second-order valence-electron chi connectivity index (χ2n) is 4.80. The number of carboxylic acids is 1. The first kappa shape index (κ1) is 13.1. The summed E-state index contributed by atoms with van der Waals surface area (Å²) in [5.74, 6) is -0.728. The molecular weight excluding hydrogens is 236 g/mol. The molecule has 0 aromatic carbocycles. The SMILES string of the molecule is CCOC(=O)N1CCC(N2CCC2C(=O)O)CC1. The minimum atomic E-state index is -0.728. The number of amides is 1. The topological polar surface area (TPSA) is 70.1 Å².